The zero-order valence-corrected chi connectivity index (χ0v) is 10.4. The second kappa shape index (κ2) is 3.62. The predicted molar refractivity (Wildman–Crippen MR) is 74.8 cm³/mol. The molecule has 2 heterocycles. The summed E-state index contributed by atoms with van der Waals surface area (Å²) >= 11 is 5.92. The van der Waals surface area contributed by atoms with Crippen molar-refractivity contribution in [2.24, 2.45) is 0 Å². The highest BCUT2D eigenvalue weighted by Crippen LogP contribution is 2.30. The number of hydrogen-bond acceptors (Lipinski definition) is 3. The minimum atomic E-state index is -0.163. The van der Waals surface area contributed by atoms with Gasteiger partial charge in [0, 0.05) is 11.1 Å². The lowest BCUT2D eigenvalue weighted by Gasteiger charge is -1.95. The van der Waals surface area contributed by atoms with E-state index in [0.29, 0.717) is 27.2 Å². The first-order valence-corrected chi connectivity index (χ1v) is 6.15. The minimum Gasteiger partial charge on any atom is -0.452 e. The number of fused-ring (bicyclic) bond motifs is 4. The lowest BCUT2D eigenvalue weighted by molar-refractivity contribution is 0.630. The van der Waals surface area contributed by atoms with E-state index in [2.05, 4.69) is 0 Å². The molecule has 3 nitrogen and oxygen atoms in total. The topological polar surface area (TPSA) is 43.4 Å². The Kier molecular flexibility index (Phi) is 2.03. The van der Waals surface area contributed by atoms with Crippen molar-refractivity contribution >= 4 is 44.7 Å². The van der Waals surface area contributed by atoms with E-state index in [0.717, 1.165) is 5.39 Å². The summed E-state index contributed by atoms with van der Waals surface area (Å²) in [7, 11) is 0. The van der Waals surface area contributed by atoms with Crippen LogP contribution in [0.25, 0.3) is 33.1 Å². The third-order valence-electron chi connectivity index (χ3n) is 3.16. The fourth-order valence-corrected chi connectivity index (χ4v) is 2.44. The van der Waals surface area contributed by atoms with Gasteiger partial charge in [-0.3, -0.25) is 4.79 Å². The zero-order chi connectivity index (χ0) is 13.0. The molecule has 2 aromatic carbocycles. The molecule has 0 radical (unpaired) electrons. The smallest absolute Gasteiger partial charge is 0.235 e. The first-order chi connectivity index (χ1) is 9.24. The molecule has 4 aromatic rings. The number of furan rings is 1. The monoisotopic (exact) mass is 270 g/mol. The van der Waals surface area contributed by atoms with Crippen molar-refractivity contribution in [3.8, 4) is 0 Å². The summed E-state index contributed by atoms with van der Waals surface area (Å²) in [5.74, 6) is 0. The Bertz CT molecular complexity index is 995. The quantitative estimate of drug-likeness (QED) is 0.477. The maximum atomic E-state index is 12.4. The molecule has 0 unspecified atom stereocenters. The van der Waals surface area contributed by atoms with Crippen molar-refractivity contribution in [2.75, 3.05) is 0 Å². The first kappa shape index (κ1) is 10.6. The van der Waals surface area contributed by atoms with E-state index >= 15 is 0 Å². The van der Waals surface area contributed by atoms with Crippen molar-refractivity contribution in [3.05, 3.63) is 57.7 Å². The average Bonchev–Trinajstić information content (AvgIpc) is 2.77. The molecule has 92 valence electrons. The van der Waals surface area contributed by atoms with Gasteiger partial charge in [0.15, 0.2) is 5.58 Å². The molecule has 0 fully saturated rings. The van der Waals surface area contributed by atoms with Gasteiger partial charge in [0.2, 0.25) is 11.0 Å². The van der Waals surface area contributed by atoms with Crippen LogP contribution in [0.2, 0.25) is 5.02 Å². The van der Waals surface area contributed by atoms with Crippen LogP contribution in [0.4, 0.5) is 0 Å². The van der Waals surface area contributed by atoms with Crippen molar-refractivity contribution in [2.45, 2.75) is 0 Å². The van der Waals surface area contributed by atoms with Crippen LogP contribution in [-0.4, -0.2) is 0 Å². The molecule has 0 N–H and O–H groups in total. The van der Waals surface area contributed by atoms with Crippen LogP contribution in [0.1, 0.15) is 0 Å². The summed E-state index contributed by atoms with van der Waals surface area (Å²) in [6.45, 7) is 0. The molecule has 4 heteroatoms. The number of para-hydroxylation sites is 1. The molecular weight excluding hydrogens is 264 g/mol. The van der Waals surface area contributed by atoms with Gasteiger partial charge in [-0.05, 0) is 24.3 Å². The van der Waals surface area contributed by atoms with E-state index < -0.39 is 0 Å². The molecule has 2 aromatic heterocycles. The van der Waals surface area contributed by atoms with Crippen LogP contribution < -0.4 is 5.43 Å². The van der Waals surface area contributed by atoms with Crippen LogP contribution in [0.3, 0.4) is 0 Å². The van der Waals surface area contributed by atoms with Crippen molar-refractivity contribution < 1.29 is 8.83 Å². The van der Waals surface area contributed by atoms with Crippen LogP contribution in [0.15, 0.2) is 56.1 Å². The lowest BCUT2D eigenvalue weighted by Crippen LogP contribution is -1.99. The third kappa shape index (κ3) is 1.42. The highest BCUT2D eigenvalue weighted by atomic mass is 35.5. The standard InChI is InChI=1S/C15H7ClO3/c16-8-5-6-10-12(7-8)19-15-13(17)9-3-1-2-4-11(9)18-14(10)15/h1-7H. The van der Waals surface area contributed by atoms with Crippen molar-refractivity contribution in [3.63, 3.8) is 0 Å². The van der Waals surface area contributed by atoms with Crippen LogP contribution in [-0.2, 0) is 0 Å². The Hall–Kier alpha value is -2.26. The van der Waals surface area contributed by atoms with E-state index in [1.807, 2.05) is 6.07 Å². The molecule has 0 aliphatic carbocycles. The number of benzene rings is 2. The fraction of sp³-hybridized carbons (Fsp3) is 0. The Morgan fingerprint density at radius 2 is 1.63 bits per heavy atom. The predicted octanol–water partition coefficient (Wildman–Crippen LogP) is 4.35. The number of hydrogen-bond donors (Lipinski definition) is 0. The summed E-state index contributed by atoms with van der Waals surface area (Å²) in [5, 5.41) is 1.82. The molecule has 0 spiro atoms. The molecule has 0 saturated carbocycles. The molecule has 0 aliphatic rings. The Balaban J connectivity index is 2.32. The van der Waals surface area contributed by atoms with Crippen LogP contribution in [0, 0.1) is 0 Å². The highest BCUT2D eigenvalue weighted by molar-refractivity contribution is 6.31. The van der Waals surface area contributed by atoms with Gasteiger partial charge in [-0.15, -0.1) is 0 Å². The van der Waals surface area contributed by atoms with E-state index in [4.69, 9.17) is 20.4 Å². The fourth-order valence-electron chi connectivity index (χ4n) is 2.27. The van der Waals surface area contributed by atoms with Gasteiger partial charge in [-0.2, -0.15) is 0 Å². The summed E-state index contributed by atoms with van der Waals surface area (Å²) in [5.41, 5.74) is 1.65. The van der Waals surface area contributed by atoms with E-state index in [1.54, 1.807) is 36.4 Å². The van der Waals surface area contributed by atoms with E-state index in [1.165, 1.54) is 0 Å². The normalized spacial score (nSPS) is 11.6. The van der Waals surface area contributed by atoms with Crippen LogP contribution in [0.5, 0.6) is 0 Å². The third-order valence-corrected chi connectivity index (χ3v) is 3.39. The second-order valence-corrected chi connectivity index (χ2v) is 4.76. The molecule has 0 aliphatic heterocycles. The summed E-state index contributed by atoms with van der Waals surface area (Å²) < 4.78 is 11.4. The second-order valence-electron chi connectivity index (χ2n) is 4.33. The van der Waals surface area contributed by atoms with Gasteiger partial charge >= 0.3 is 0 Å². The molecule has 0 atom stereocenters. The summed E-state index contributed by atoms with van der Waals surface area (Å²) in [6, 6.07) is 12.3. The van der Waals surface area contributed by atoms with Gasteiger partial charge in [-0.25, -0.2) is 0 Å². The van der Waals surface area contributed by atoms with E-state index in [-0.39, 0.29) is 11.0 Å². The first-order valence-electron chi connectivity index (χ1n) is 5.77. The average molecular weight is 271 g/mol. The van der Waals surface area contributed by atoms with Crippen LogP contribution >= 0.6 is 11.6 Å². The van der Waals surface area contributed by atoms with Crippen molar-refractivity contribution in [1.82, 2.24) is 0 Å². The van der Waals surface area contributed by atoms with Crippen molar-refractivity contribution in [1.29, 1.82) is 0 Å². The maximum Gasteiger partial charge on any atom is 0.235 e. The Morgan fingerprint density at radius 3 is 2.53 bits per heavy atom. The van der Waals surface area contributed by atoms with Gasteiger partial charge in [0.1, 0.15) is 11.2 Å². The van der Waals surface area contributed by atoms with Gasteiger partial charge in [-0.1, -0.05) is 23.7 Å². The summed E-state index contributed by atoms with van der Waals surface area (Å²) in [4.78, 5) is 12.4. The van der Waals surface area contributed by atoms with Gasteiger partial charge < -0.3 is 8.83 Å². The lowest BCUT2D eigenvalue weighted by atomic mass is 10.2. The summed E-state index contributed by atoms with van der Waals surface area (Å²) in [6.07, 6.45) is 0. The minimum absolute atomic E-state index is 0.163. The molecule has 0 saturated heterocycles. The molecule has 0 bridgehead atoms. The van der Waals surface area contributed by atoms with E-state index in [9.17, 15) is 4.79 Å². The Labute approximate surface area is 112 Å². The highest BCUT2D eigenvalue weighted by Gasteiger charge is 2.15. The van der Waals surface area contributed by atoms with Gasteiger partial charge in [0.05, 0.1) is 10.8 Å². The molecule has 4 rings (SSSR count). The molecule has 19 heavy (non-hydrogen) atoms. The number of halogens is 1. The van der Waals surface area contributed by atoms with Gasteiger partial charge in [0.25, 0.3) is 0 Å². The number of rotatable bonds is 0. The molecular formula is C15H7ClO3. The SMILES string of the molecule is O=c1c2ccccc2oc2c1oc1cc(Cl)ccc12. The largest absolute Gasteiger partial charge is 0.452 e. The molecule has 0 amide bonds. The maximum absolute atomic E-state index is 12.4. The Morgan fingerprint density at radius 1 is 0.842 bits per heavy atom. The zero-order valence-electron chi connectivity index (χ0n) is 9.64.